The predicted molar refractivity (Wildman–Crippen MR) is 67.3 cm³/mol. The first-order valence-electron chi connectivity index (χ1n) is 6.11. The van der Waals surface area contributed by atoms with E-state index in [1.807, 2.05) is 0 Å². The summed E-state index contributed by atoms with van der Waals surface area (Å²) in [6.45, 7) is 6.68. The van der Waals surface area contributed by atoms with Crippen molar-refractivity contribution in [3.63, 3.8) is 0 Å². The lowest BCUT2D eigenvalue weighted by molar-refractivity contribution is 0.406. The van der Waals surface area contributed by atoms with Crippen LogP contribution in [0.1, 0.15) is 43.2 Å². The second-order valence-electron chi connectivity index (χ2n) is 4.85. The van der Waals surface area contributed by atoms with Crippen LogP contribution in [0.2, 0.25) is 0 Å². The van der Waals surface area contributed by atoms with Crippen LogP contribution in [-0.4, -0.2) is 20.2 Å². The van der Waals surface area contributed by atoms with Crippen molar-refractivity contribution in [2.45, 2.75) is 32.1 Å². The Kier molecular flexibility index (Phi) is 3.49. The third kappa shape index (κ3) is 2.22. The minimum absolute atomic E-state index is 0.582. The van der Waals surface area contributed by atoms with Crippen molar-refractivity contribution < 1.29 is 4.74 Å². The topological polar surface area (TPSA) is 21.3 Å². The fourth-order valence-corrected chi connectivity index (χ4v) is 2.35. The minimum atomic E-state index is 0.582. The molecule has 2 nitrogen and oxygen atoms in total. The van der Waals surface area contributed by atoms with E-state index in [1.165, 1.54) is 17.5 Å². The number of hydrogen-bond acceptors (Lipinski definition) is 2. The summed E-state index contributed by atoms with van der Waals surface area (Å²) in [6.07, 6.45) is 1.22. The van der Waals surface area contributed by atoms with Crippen LogP contribution in [0.25, 0.3) is 0 Å². The SMILES string of the molecule is COc1ccc(C(C)C)cc1C1CCNC1. The van der Waals surface area contributed by atoms with E-state index in [1.54, 1.807) is 7.11 Å². The number of ether oxygens (including phenoxy) is 1. The summed E-state index contributed by atoms with van der Waals surface area (Å²) in [5.74, 6) is 2.24. The molecule has 1 aromatic carbocycles. The van der Waals surface area contributed by atoms with Crippen molar-refractivity contribution in [1.29, 1.82) is 0 Å². The van der Waals surface area contributed by atoms with Crippen molar-refractivity contribution in [3.05, 3.63) is 29.3 Å². The smallest absolute Gasteiger partial charge is 0.122 e. The van der Waals surface area contributed by atoms with E-state index < -0.39 is 0 Å². The van der Waals surface area contributed by atoms with Crippen LogP contribution in [0.5, 0.6) is 5.75 Å². The minimum Gasteiger partial charge on any atom is -0.496 e. The van der Waals surface area contributed by atoms with Gasteiger partial charge in [0.05, 0.1) is 7.11 Å². The lowest BCUT2D eigenvalue weighted by atomic mass is 9.92. The van der Waals surface area contributed by atoms with Crippen LogP contribution < -0.4 is 10.1 Å². The summed E-state index contributed by atoms with van der Waals surface area (Å²) < 4.78 is 5.46. The van der Waals surface area contributed by atoms with E-state index in [9.17, 15) is 0 Å². The Hall–Kier alpha value is -1.02. The second kappa shape index (κ2) is 4.88. The molecule has 1 atom stereocenters. The summed E-state index contributed by atoms with van der Waals surface area (Å²) in [5.41, 5.74) is 2.78. The summed E-state index contributed by atoms with van der Waals surface area (Å²) in [4.78, 5) is 0. The molecule has 0 aliphatic carbocycles. The first kappa shape index (κ1) is 11.5. The average Bonchev–Trinajstić information content (AvgIpc) is 2.81. The van der Waals surface area contributed by atoms with Crippen LogP contribution in [-0.2, 0) is 0 Å². The highest BCUT2D eigenvalue weighted by Crippen LogP contribution is 2.33. The maximum absolute atomic E-state index is 5.46. The molecule has 0 saturated carbocycles. The highest BCUT2D eigenvalue weighted by Gasteiger charge is 2.20. The zero-order chi connectivity index (χ0) is 11.5. The molecule has 1 aliphatic rings. The highest BCUT2D eigenvalue weighted by molar-refractivity contribution is 5.41. The molecule has 16 heavy (non-hydrogen) atoms. The number of nitrogens with one attached hydrogen (secondary N) is 1. The molecule has 1 aliphatic heterocycles. The molecule has 0 bridgehead atoms. The summed E-state index contributed by atoms with van der Waals surface area (Å²) in [6, 6.07) is 6.61. The zero-order valence-corrected chi connectivity index (χ0v) is 10.4. The first-order valence-corrected chi connectivity index (χ1v) is 6.11. The van der Waals surface area contributed by atoms with Crippen molar-refractivity contribution >= 4 is 0 Å². The van der Waals surface area contributed by atoms with E-state index in [0.717, 1.165) is 18.8 Å². The summed E-state index contributed by atoms with van der Waals surface area (Å²) in [7, 11) is 1.76. The number of rotatable bonds is 3. The largest absolute Gasteiger partial charge is 0.496 e. The number of hydrogen-bond donors (Lipinski definition) is 1. The van der Waals surface area contributed by atoms with E-state index >= 15 is 0 Å². The molecule has 2 rings (SSSR count). The van der Waals surface area contributed by atoms with E-state index in [0.29, 0.717) is 11.8 Å². The van der Waals surface area contributed by atoms with E-state index in [4.69, 9.17) is 4.74 Å². The van der Waals surface area contributed by atoms with Crippen molar-refractivity contribution in [3.8, 4) is 5.75 Å². The standard InChI is InChI=1S/C14H21NO/c1-10(2)11-4-5-14(16-3)13(8-11)12-6-7-15-9-12/h4-5,8,10,12,15H,6-7,9H2,1-3H3. The fourth-order valence-electron chi connectivity index (χ4n) is 2.35. The van der Waals surface area contributed by atoms with Crippen LogP contribution in [0.4, 0.5) is 0 Å². The fraction of sp³-hybridized carbons (Fsp3) is 0.571. The molecule has 2 heteroatoms. The van der Waals surface area contributed by atoms with Gasteiger partial charge in [-0.05, 0) is 36.1 Å². The van der Waals surface area contributed by atoms with Crippen molar-refractivity contribution in [2.24, 2.45) is 0 Å². The van der Waals surface area contributed by atoms with Gasteiger partial charge in [0.2, 0.25) is 0 Å². The van der Waals surface area contributed by atoms with Crippen molar-refractivity contribution in [1.82, 2.24) is 5.32 Å². The molecule has 1 heterocycles. The van der Waals surface area contributed by atoms with Crippen LogP contribution in [0.15, 0.2) is 18.2 Å². The molecular formula is C14H21NO. The van der Waals surface area contributed by atoms with Gasteiger partial charge in [0, 0.05) is 12.5 Å². The van der Waals surface area contributed by atoms with E-state index in [-0.39, 0.29) is 0 Å². The second-order valence-corrected chi connectivity index (χ2v) is 4.85. The molecule has 1 fully saturated rings. The van der Waals surface area contributed by atoms with Gasteiger partial charge in [-0.15, -0.1) is 0 Å². The van der Waals surface area contributed by atoms with Crippen molar-refractivity contribution in [2.75, 3.05) is 20.2 Å². The average molecular weight is 219 g/mol. The van der Waals surface area contributed by atoms with Crippen LogP contribution in [0.3, 0.4) is 0 Å². The highest BCUT2D eigenvalue weighted by atomic mass is 16.5. The Bertz CT molecular complexity index is 354. The third-order valence-corrected chi connectivity index (χ3v) is 3.42. The van der Waals surface area contributed by atoms with Gasteiger partial charge in [0.25, 0.3) is 0 Å². The lowest BCUT2D eigenvalue weighted by Crippen LogP contribution is -2.09. The monoisotopic (exact) mass is 219 g/mol. The van der Waals surface area contributed by atoms with Gasteiger partial charge in [-0.1, -0.05) is 26.0 Å². The summed E-state index contributed by atoms with van der Waals surface area (Å²) in [5, 5.41) is 3.42. The van der Waals surface area contributed by atoms with Crippen LogP contribution >= 0.6 is 0 Å². The molecule has 88 valence electrons. The Morgan fingerprint density at radius 2 is 2.19 bits per heavy atom. The maximum Gasteiger partial charge on any atom is 0.122 e. The van der Waals surface area contributed by atoms with Gasteiger partial charge < -0.3 is 10.1 Å². The third-order valence-electron chi connectivity index (χ3n) is 3.42. The van der Waals surface area contributed by atoms with Gasteiger partial charge in [-0.3, -0.25) is 0 Å². The van der Waals surface area contributed by atoms with Gasteiger partial charge in [-0.25, -0.2) is 0 Å². The molecule has 1 aromatic rings. The molecule has 1 unspecified atom stereocenters. The van der Waals surface area contributed by atoms with Gasteiger partial charge >= 0.3 is 0 Å². The Morgan fingerprint density at radius 3 is 2.75 bits per heavy atom. The zero-order valence-electron chi connectivity index (χ0n) is 10.4. The van der Waals surface area contributed by atoms with E-state index in [2.05, 4.69) is 37.4 Å². The molecule has 0 spiro atoms. The van der Waals surface area contributed by atoms with Gasteiger partial charge in [0.15, 0.2) is 0 Å². The maximum atomic E-state index is 5.46. The molecule has 0 radical (unpaired) electrons. The molecule has 1 N–H and O–H groups in total. The molecule has 0 aromatic heterocycles. The lowest BCUT2D eigenvalue weighted by Gasteiger charge is -2.16. The van der Waals surface area contributed by atoms with Crippen LogP contribution in [0, 0.1) is 0 Å². The molecule has 1 saturated heterocycles. The summed E-state index contributed by atoms with van der Waals surface area (Å²) >= 11 is 0. The predicted octanol–water partition coefficient (Wildman–Crippen LogP) is 2.90. The number of benzene rings is 1. The Labute approximate surface area is 98.0 Å². The first-order chi connectivity index (χ1) is 7.72. The molecular weight excluding hydrogens is 198 g/mol. The number of methoxy groups -OCH3 is 1. The Balaban J connectivity index is 2.34. The Morgan fingerprint density at radius 1 is 1.38 bits per heavy atom. The molecule has 0 amide bonds. The normalized spacial score (nSPS) is 20.4. The van der Waals surface area contributed by atoms with Gasteiger partial charge in [0.1, 0.15) is 5.75 Å². The quantitative estimate of drug-likeness (QED) is 0.844. The van der Waals surface area contributed by atoms with Gasteiger partial charge in [-0.2, -0.15) is 0 Å².